The fourth-order valence-electron chi connectivity index (χ4n) is 3.65. The molecule has 5 rings (SSSR count). The molecule has 0 saturated carbocycles. The molecule has 0 saturated heterocycles. The Balaban J connectivity index is 1.45. The van der Waals surface area contributed by atoms with Gasteiger partial charge in [0, 0.05) is 22.3 Å². The van der Waals surface area contributed by atoms with Crippen LogP contribution < -0.4 is 10.1 Å². The first-order valence-corrected chi connectivity index (χ1v) is 10.5. The zero-order valence-electron chi connectivity index (χ0n) is 16.9. The number of fused-ring (bicyclic) bond motifs is 1. The minimum Gasteiger partial charge on any atom is -0.478 e. The van der Waals surface area contributed by atoms with Gasteiger partial charge in [-0.25, -0.2) is 4.68 Å². The van der Waals surface area contributed by atoms with E-state index in [1.54, 1.807) is 24.4 Å². The Hall–Kier alpha value is -3.90. The Labute approximate surface area is 189 Å². The minimum atomic E-state index is -0.958. The van der Waals surface area contributed by atoms with Gasteiger partial charge in [-0.1, -0.05) is 72.3 Å². The summed E-state index contributed by atoms with van der Waals surface area (Å²) in [6.07, 6.45) is 0.590. The summed E-state index contributed by atoms with van der Waals surface area (Å²) in [5, 5.41) is 7.80. The lowest BCUT2D eigenvalue weighted by Crippen LogP contribution is -2.39. The standard InChI is InChI=1S/C25H18ClN3O3/c26-18-11-12-21-20(13-18)27-25(31)22(32-21)14-23(30)29-15-19(16-7-3-1-4-8-16)24(28-29)17-9-5-2-6-10-17/h1-13,15,22H,14H2,(H,27,31). The van der Waals surface area contributed by atoms with Crippen LogP contribution in [0.1, 0.15) is 11.2 Å². The van der Waals surface area contributed by atoms with E-state index in [1.165, 1.54) is 4.68 Å². The Morgan fingerprint density at radius 2 is 1.69 bits per heavy atom. The van der Waals surface area contributed by atoms with Crippen LogP contribution in [-0.2, 0) is 4.79 Å². The SMILES string of the molecule is O=C1Nc2cc(Cl)ccc2OC1CC(=O)n1cc(-c2ccccc2)c(-c2ccccc2)n1. The van der Waals surface area contributed by atoms with Crippen LogP contribution >= 0.6 is 11.6 Å². The lowest BCUT2D eigenvalue weighted by molar-refractivity contribution is -0.123. The topological polar surface area (TPSA) is 73.2 Å². The summed E-state index contributed by atoms with van der Waals surface area (Å²) >= 11 is 5.97. The highest BCUT2D eigenvalue weighted by Crippen LogP contribution is 2.34. The number of carbonyl (C=O) groups excluding carboxylic acids is 2. The molecule has 158 valence electrons. The average molecular weight is 444 g/mol. The van der Waals surface area contributed by atoms with Gasteiger partial charge in [0.05, 0.1) is 12.1 Å². The predicted octanol–water partition coefficient (Wildman–Crippen LogP) is 5.30. The van der Waals surface area contributed by atoms with Crippen LogP contribution in [-0.4, -0.2) is 27.7 Å². The summed E-state index contributed by atoms with van der Waals surface area (Å²) in [5.74, 6) is -0.268. The molecule has 1 aliphatic rings. The van der Waals surface area contributed by atoms with Crippen molar-refractivity contribution in [3.63, 3.8) is 0 Å². The van der Waals surface area contributed by atoms with Gasteiger partial charge in [-0.15, -0.1) is 0 Å². The number of nitrogens with zero attached hydrogens (tertiary/aromatic N) is 2. The van der Waals surface area contributed by atoms with Crippen molar-refractivity contribution < 1.29 is 14.3 Å². The molecule has 1 amide bonds. The monoisotopic (exact) mass is 443 g/mol. The quantitative estimate of drug-likeness (QED) is 0.464. The van der Waals surface area contributed by atoms with Crippen molar-refractivity contribution in [3.05, 3.63) is 90.1 Å². The van der Waals surface area contributed by atoms with Crippen LogP contribution in [0.15, 0.2) is 85.1 Å². The van der Waals surface area contributed by atoms with Crippen molar-refractivity contribution in [3.8, 4) is 28.1 Å². The van der Waals surface area contributed by atoms with Gasteiger partial charge < -0.3 is 10.1 Å². The third kappa shape index (κ3) is 3.88. The van der Waals surface area contributed by atoms with Gasteiger partial charge in [0.25, 0.3) is 11.8 Å². The number of anilines is 1. The number of amides is 1. The molecule has 4 aromatic rings. The molecule has 7 heteroatoms. The maximum absolute atomic E-state index is 13.1. The van der Waals surface area contributed by atoms with Crippen LogP contribution in [0, 0.1) is 0 Å². The first kappa shape index (κ1) is 20.0. The largest absolute Gasteiger partial charge is 0.478 e. The fraction of sp³-hybridized carbons (Fsp3) is 0.0800. The number of carbonyl (C=O) groups is 2. The first-order valence-electron chi connectivity index (χ1n) is 10.1. The Bertz CT molecular complexity index is 1250. The summed E-state index contributed by atoms with van der Waals surface area (Å²) < 4.78 is 7.06. The van der Waals surface area contributed by atoms with Gasteiger partial charge in [-0.2, -0.15) is 5.10 Å². The highest BCUT2D eigenvalue weighted by atomic mass is 35.5. The summed E-state index contributed by atoms with van der Waals surface area (Å²) in [6, 6.07) is 24.4. The van der Waals surface area contributed by atoms with E-state index in [-0.39, 0.29) is 12.3 Å². The Kier molecular flexibility index (Phi) is 5.21. The van der Waals surface area contributed by atoms with Crippen molar-refractivity contribution in [2.75, 3.05) is 5.32 Å². The molecule has 1 unspecified atom stereocenters. The summed E-state index contributed by atoms with van der Waals surface area (Å²) in [4.78, 5) is 25.6. The van der Waals surface area contributed by atoms with E-state index in [0.717, 1.165) is 16.7 Å². The zero-order chi connectivity index (χ0) is 22.1. The normalized spacial score (nSPS) is 14.9. The van der Waals surface area contributed by atoms with Crippen LogP contribution in [0.3, 0.4) is 0 Å². The number of nitrogens with one attached hydrogen (secondary N) is 1. The average Bonchev–Trinajstić information content (AvgIpc) is 3.27. The highest BCUT2D eigenvalue weighted by Gasteiger charge is 2.31. The lowest BCUT2D eigenvalue weighted by Gasteiger charge is -2.25. The second kappa shape index (κ2) is 8.32. The number of hydrogen-bond acceptors (Lipinski definition) is 4. The van der Waals surface area contributed by atoms with E-state index in [9.17, 15) is 9.59 Å². The molecule has 0 fully saturated rings. The number of hydrogen-bond donors (Lipinski definition) is 1. The van der Waals surface area contributed by atoms with Crippen LogP contribution in [0.2, 0.25) is 5.02 Å². The molecular formula is C25H18ClN3O3. The van der Waals surface area contributed by atoms with E-state index >= 15 is 0 Å². The molecule has 0 radical (unpaired) electrons. The van der Waals surface area contributed by atoms with Crippen molar-refractivity contribution in [2.45, 2.75) is 12.5 Å². The number of benzene rings is 3. The third-order valence-electron chi connectivity index (χ3n) is 5.22. The van der Waals surface area contributed by atoms with E-state index in [2.05, 4.69) is 10.4 Å². The molecule has 1 N–H and O–H groups in total. The van der Waals surface area contributed by atoms with E-state index in [4.69, 9.17) is 16.3 Å². The van der Waals surface area contributed by atoms with E-state index < -0.39 is 12.0 Å². The molecule has 1 aromatic heterocycles. The second-order valence-electron chi connectivity index (χ2n) is 7.40. The molecule has 0 bridgehead atoms. The summed E-state index contributed by atoms with van der Waals surface area (Å²) in [6.45, 7) is 0. The number of halogens is 1. The van der Waals surface area contributed by atoms with Gasteiger partial charge in [-0.3, -0.25) is 9.59 Å². The first-order chi connectivity index (χ1) is 15.6. The van der Waals surface area contributed by atoms with Gasteiger partial charge in [0.15, 0.2) is 6.10 Å². The third-order valence-corrected chi connectivity index (χ3v) is 5.46. The summed E-state index contributed by atoms with van der Waals surface area (Å²) in [5.41, 5.74) is 3.86. The molecule has 1 aliphatic heterocycles. The number of ether oxygens (including phenoxy) is 1. The Morgan fingerprint density at radius 1 is 1.00 bits per heavy atom. The van der Waals surface area contributed by atoms with Crippen molar-refractivity contribution in [1.29, 1.82) is 0 Å². The van der Waals surface area contributed by atoms with Crippen molar-refractivity contribution in [2.24, 2.45) is 0 Å². The molecule has 3 aromatic carbocycles. The lowest BCUT2D eigenvalue weighted by atomic mass is 10.0. The molecule has 0 spiro atoms. The summed E-state index contributed by atoms with van der Waals surface area (Å²) in [7, 11) is 0. The second-order valence-corrected chi connectivity index (χ2v) is 7.84. The number of rotatable bonds is 4. The zero-order valence-corrected chi connectivity index (χ0v) is 17.6. The molecule has 6 nitrogen and oxygen atoms in total. The van der Waals surface area contributed by atoms with E-state index in [1.807, 2.05) is 60.7 Å². The van der Waals surface area contributed by atoms with Gasteiger partial charge in [0.2, 0.25) is 0 Å². The maximum Gasteiger partial charge on any atom is 0.266 e. The van der Waals surface area contributed by atoms with Gasteiger partial charge in [0.1, 0.15) is 11.4 Å². The van der Waals surface area contributed by atoms with Gasteiger partial charge in [-0.05, 0) is 23.8 Å². The molecule has 2 heterocycles. The Morgan fingerprint density at radius 3 is 2.41 bits per heavy atom. The van der Waals surface area contributed by atoms with Gasteiger partial charge >= 0.3 is 0 Å². The van der Waals surface area contributed by atoms with Crippen LogP contribution in [0.5, 0.6) is 5.75 Å². The number of aromatic nitrogens is 2. The fourth-order valence-corrected chi connectivity index (χ4v) is 3.82. The van der Waals surface area contributed by atoms with Crippen molar-refractivity contribution >= 4 is 29.1 Å². The smallest absolute Gasteiger partial charge is 0.266 e. The van der Waals surface area contributed by atoms with Crippen LogP contribution in [0.4, 0.5) is 5.69 Å². The maximum atomic E-state index is 13.1. The van der Waals surface area contributed by atoms with Crippen LogP contribution in [0.25, 0.3) is 22.4 Å². The van der Waals surface area contributed by atoms with Crippen molar-refractivity contribution in [1.82, 2.24) is 9.78 Å². The van der Waals surface area contributed by atoms with E-state index in [0.29, 0.717) is 22.2 Å². The predicted molar refractivity (Wildman–Crippen MR) is 123 cm³/mol. The molecule has 0 aliphatic carbocycles. The highest BCUT2D eigenvalue weighted by molar-refractivity contribution is 6.31. The molecule has 1 atom stereocenters. The molecule has 32 heavy (non-hydrogen) atoms. The molecular weight excluding hydrogens is 426 g/mol. The minimum absolute atomic E-state index is 0.155.